The third-order valence-electron chi connectivity index (χ3n) is 4.09. The lowest BCUT2D eigenvalue weighted by atomic mass is 9.83. The zero-order chi connectivity index (χ0) is 13.4. The molecule has 0 radical (unpaired) electrons. The molecule has 2 saturated heterocycles. The summed E-state index contributed by atoms with van der Waals surface area (Å²) in [7, 11) is 0. The van der Waals surface area contributed by atoms with Gasteiger partial charge < -0.3 is 4.90 Å². The van der Waals surface area contributed by atoms with Crippen LogP contribution in [0.1, 0.15) is 42.5 Å². The maximum Gasteiger partial charge on any atom is 0.254 e. The fourth-order valence-corrected chi connectivity index (χ4v) is 3.47. The Bertz CT molecular complexity index is 513. The monoisotopic (exact) mass is 277 g/mol. The van der Waals surface area contributed by atoms with Crippen LogP contribution in [0.15, 0.2) is 24.3 Å². The Balaban J connectivity index is 1.89. The van der Waals surface area contributed by atoms with Gasteiger partial charge in [-0.15, -0.1) is 0 Å². The van der Waals surface area contributed by atoms with Crippen molar-refractivity contribution < 1.29 is 9.59 Å². The Kier molecular flexibility index (Phi) is 3.31. The Hall–Kier alpha value is -1.35. The number of carbonyl (C=O) groups excluding carboxylic acids is 2. The number of rotatable bonds is 1. The number of amides is 1. The lowest BCUT2D eigenvalue weighted by molar-refractivity contribution is -0.125. The average Bonchev–Trinajstić information content (AvgIpc) is 2.37. The van der Waals surface area contributed by atoms with Crippen LogP contribution in [0.5, 0.6) is 0 Å². The molecule has 0 saturated carbocycles. The molecule has 1 aromatic carbocycles. The minimum Gasteiger partial charge on any atom is -0.332 e. The minimum atomic E-state index is 0.0182. The van der Waals surface area contributed by atoms with Gasteiger partial charge in [0.05, 0.1) is 0 Å². The zero-order valence-corrected chi connectivity index (χ0v) is 11.4. The topological polar surface area (TPSA) is 37.4 Å². The number of nitrogens with zero attached hydrogens (tertiary/aromatic N) is 1. The van der Waals surface area contributed by atoms with Gasteiger partial charge in [-0.25, -0.2) is 0 Å². The van der Waals surface area contributed by atoms with Crippen LogP contribution in [0.2, 0.25) is 5.02 Å². The van der Waals surface area contributed by atoms with Crippen molar-refractivity contribution in [1.29, 1.82) is 0 Å². The number of Topliss-reactive ketones (excluding diaryl/α,β-unsaturated/α-hetero) is 1. The molecule has 1 amide bonds. The molecule has 2 bridgehead atoms. The first-order valence-electron chi connectivity index (χ1n) is 6.75. The van der Waals surface area contributed by atoms with Gasteiger partial charge in [0.25, 0.3) is 5.91 Å². The molecule has 0 aromatic heterocycles. The van der Waals surface area contributed by atoms with Crippen molar-refractivity contribution in [2.24, 2.45) is 0 Å². The molecule has 0 spiro atoms. The van der Waals surface area contributed by atoms with Gasteiger partial charge in [-0.05, 0) is 37.5 Å². The van der Waals surface area contributed by atoms with Gasteiger partial charge in [-0.3, -0.25) is 9.59 Å². The highest BCUT2D eigenvalue weighted by atomic mass is 35.5. The summed E-state index contributed by atoms with van der Waals surface area (Å²) in [6, 6.07) is 7.23. The standard InChI is InChI=1S/C15H16ClNO2/c16-11-4-1-3-10(7-11)15(19)17-12-5-2-6-13(17)9-14(18)8-12/h1,3-4,7,12-13H,2,5-6,8-9H2. The van der Waals surface area contributed by atoms with E-state index in [4.69, 9.17) is 11.6 Å². The summed E-state index contributed by atoms with van der Waals surface area (Å²) in [5.41, 5.74) is 0.624. The van der Waals surface area contributed by atoms with E-state index in [9.17, 15) is 9.59 Å². The quantitative estimate of drug-likeness (QED) is 0.791. The van der Waals surface area contributed by atoms with Gasteiger partial charge in [-0.1, -0.05) is 17.7 Å². The molecule has 4 heteroatoms. The maximum absolute atomic E-state index is 12.6. The highest BCUT2D eigenvalue weighted by molar-refractivity contribution is 6.30. The summed E-state index contributed by atoms with van der Waals surface area (Å²) < 4.78 is 0. The number of ketones is 1. The molecule has 2 heterocycles. The molecule has 2 atom stereocenters. The zero-order valence-electron chi connectivity index (χ0n) is 10.6. The molecule has 1 aromatic rings. The van der Waals surface area contributed by atoms with Gasteiger partial charge in [-0.2, -0.15) is 0 Å². The van der Waals surface area contributed by atoms with E-state index in [1.807, 2.05) is 4.90 Å². The first-order chi connectivity index (χ1) is 9.15. The van der Waals surface area contributed by atoms with Crippen molar-refractivity contribution in [2.45, 2.75) is 44.2 Å². The second-order valence-corrected chi connectivity index (χ2v) is 5.84. The fourth-order valence-electron chi connectivity index (χ4n) is 3.28. The number of hydrogen-bond donors (Lipinski definition) is 0. The Labute approximate surface area is 117 Å². The van der Waals surface area contributed by atoms with Gasteiger partial charge in [0.15, 0.2) is 0 Å². The largest absolute Gasteiger partial charge is 0.332 e. The minimum absolute atomic E-state index is 0.0182. The molecule has 100 valence electrons. The molecule has 2 unspecified atom stereocenters. The SMILES string of the molecule is O=C1CC2CCCC(C1)N2C(=O)c1cccc(Cl)c1. The fraction of sp³-hybridized carbons (Fsp3) is 0.467. The van der Waals surface area contributed by atoms with E-state index in [-0.39, 0.29) is 18.0 Å². The molecule has 19 heavy (non-hydrogen) atoms. The van der Waals surface area contributed by atoms with Crippen molar-refractivity contribution >= 4 is 23.3 Å². The molecule has 0 aliphatic carbocycles. The van der Waals surface area contributed by atoms with Crippen molar-refractivity contribution in [3.8, 4) is 0 Å². The Morgan fingerprint density at radius 2 is 1.89 bits per heavy atom. The van der Waals surface area contributed by atoms with Crippen LogP contribution < -0.4 is 0 Å². The van der Waals surface area contributed by atoms with E-state index in [0.29, 0.717) is 29.2 Å². The number of piperidine rings is 2. The second kappa shape index (κ2) is 4.97. The predicted molar refractivity (Wildman–Crippen MR) is 73.3 cm³/mol. The first-order valence-corrected chi connectivity index (χ1v) is 7.13. The number of carbonyl (C=O) groups is 2. The molecule has 0 N–H and O–H groups in total. The van der Waals surface area contributed by atoms with Crippen LogP contribution in [0, 0.1) is 0 Å². The predicted octanol–water partition coefficient (Wildman–Crippen LogP) is 3.07. The first kappa shape index (κ1) is 12.7. The van der Waals surface area contributed by atoms with E-state index in [2.05, 4.69) is 0 Å². The van der Waals surface area contributed by atoms with Gasteiger partial charge in [0, 0.05) is 35.5 Å². The van der Waals surface area contributed by atoms with E-state index in [1.54, 1.807) is 24.3 Å². The Morgan fingerprint density at radius 3 is 2.53 bits per heavy atom. The molecular formula is C15H16ClNO2. The summed E-state index contributed by atoms with van der Waals surface area (Å²) in [5.74, 6) is 0.314. The molecule has 2 fully saturated rings. The van der Waals surface area contributed by atoms with Crippen molar-refractivity contribution in [3.05, 3.63) is 34.9 Å². The van der Waals surface area contributed by atoms with Crippen LogP contribution in [0.25, 0.3) is 0 Å². The van der Waals surface area contributed by atoms with Crippen LogP contribution in [-0.4, -0.2) is 28.7 Å². The third-order valence-corrected chi connectivity index (χ3v) is 4.33. The van der Waals surface area contributed by atoms with Crippen LogP contribution in [-0.2, 0) is 4.79 Å². The van der Waals surface area contributed by atoms with E-state index in [0.717, 1.165) is 19.3 Å². The van der Waals surface area contributed by atoms with Crippen molar-refractivity contribution in [3.63, 3.8) is 0 Å². The van der Waals surface area contributed by atoms with Gasteiger partial charge in [0.2, 0.25) is 0 Å². The summed E-state index contributed by atoms with van der Waals surface area (Å²) in [6.45, 7) is 0. The normalized spacial score (nSPS) is 26.4. The van der Waals surface area contributed by atoms with Crippen LogP contribution in [0.3, 0.4) is 0 Å². The second-order valence-electron chi connectivity index (χ2n) is 5.41. The summed E-state index contributed by atoms with van der Waals surface area (Å²) >= 11 is 5.95. The number of fused-ring (bicyclic) bond motifs is 2. The molecular weight excluding hydrogens is 262 g/mol. The molecule has 3 nitrogen and oxygen atoms in total. The maximum atomic E-state index is 12.6. The Morgan fingerprint density at radius 1 is 1.21 bits per heavy atom. The third kappa shape index (κ3) is 2.39. The van der Waals surface area contributed by atoms with E-state index >= 15 is 0 Å². The van der Waals surface area contributed by atoms with Crippen LogP contribution >= 0.6 is 11.6 Å². The lowest BCUT2D eigenvalue weighted by Crippen LogP contribution is -2.54. The highest BCUT2D eigenvalue weighted by Crippen LogP contribution is 2.33. The molecule has 2 aliphatic rings. The van der Waals surface area contributed by atoms with Crippen LogP contribution in [0.4, 0.5) is 0 Å². The summed E-state index contributed by atoms with van der Waals surface area (Å²) in [5, 5.41) is 0.573. The number of benzene rings is 1. The number of hydrogen-bond acceptors (Lipinski definition) is 2. The summed E-state index contributed by atoms with van der Waals surface area (Å²) in [6.07, 6.45) is 4.02. The lowest BCUT2D eigenvalue weighted by Gasteiger charge is -2.45. The van der Waals surface area contributed by atoms with E-state index < -0.39 is 0 Å². The van der Waals surface area contributed by atoms with Gasteiger partial charge in [0.1, 0.15) is 5.78 Å². The molecule has 3 rings (SSSR count). The van der Waals surface area contributed by atoms with Crippen molar-refractivity contribution in [1.82, 2.24) is 4.90 Å². The van der Waals surface area contributed by atoms with E-state index in [1.165, 1.54) is 0 Å². The number of halogens is 1. The van der Waals surface area contributed by atoms with Crippen molar-refractivity contribution in [2.75, 3.05) is 0 Å². The molecule has 2 aliphatic heterocycles. The van der Waals surface area contributed by atoms with Gasteiger partial charge >= 0.3 is 0 Å². The highest BCUT2D eigenvalue weighted by Gasteiger charge is 2.40. The smallest absolute Gasteiger partial charge is 0.254 e. The summed E-state index contributed by atoms with van der Waals surface area (Å²) in [4.78, 5) is 26.2. The average molecular weight is 278 g/mol.